The van der Waals surface area contributed by atoms with Gasteiger partial charge in [-0.2, -0.15) is 5.26 Å². The monoisotopic (exact) mass is 363 g/mol. The number of hydrogen-bond donors (Lipinski definition) is 1. The second-order valence-electron chi connectivity index (χ2n) is 6.50. The molecule has 27 heavy (non-hydrogen) atoms. The summed E-state index contributed by atoms with van der Waals surface area (Å²) >= 11 is 0. The zero-order valence-electron chi connectivity index (χ0n) is 14.9. The summed E-state index contributed by atoms with van der Waals surface area (Å²) in [6.45, 7) is 1.03. The molecule has 1 fully saturated rings. The zero-order chi connectivity index (χ0) is 19.2. The van der Waals surface area contributed by atoms with Crippen molar-refractivity contribution in [3.8, 4) is 11.8 Å². The van der Waals surface area contributed by atoms with Crippen LogP contribution in [0.2, 0.25) is 0 Å². The summed E-state index contributed by atoms with van der Waals surface area (Å²) in [6, 6.07) is 16.6. The molecule has 6 heteroatoms. The van der Waals surface area contributed by atoms with Crippen LogP contribution in [0.1, 0.15) is 41.1 Å². The predicted octanol–water partition coefficient (Wildman–Crippen LogP) is 2.99. The number of nitrogens with two attached hydrogens (primary N) is 1. The third-order valence-electron chi connectivity index (χ3n) is 4.60. The van der Waals surface area contributed by atoms with Gasteiger partial charge in [-0.05, 0) is 42.3 Å². The Hall–Kier alpha value is -3.33. The van der Waals surface area contributed by atoms with Crippen LogP contribution >= 0.6 is 0 Å². The number of ether oxygens (including phenoxy) is 1. The SMILES string of the molecule is N#CCCCOc1cccc(C2CC(=O)N(c3cccc(C(N)=O)c3)C2)c1. The Morgan fingerprint density at radius 2 is 2.07 bits per heavy atom. The van der Waals surface area contributed by atoms with Gasteiger partial charge in [0, 0.05) is 36.6 Å². The first-order valence-corrected chi connectivity index (χ1v) is 8.88. The number of carbonyl (C=O) groups excluding carboxylic acids is 2. The fraction of sp³-hybridized carbons (Fsp3) is 0.286. The second kappa shape index (κ2) is 8.37. The van der Waals surface area contributed by atoms with Crippen molar-refractivity contribution in [2.45, 2.75) is 25.2 Å². The molecule has 0 aromatic heterocycles. The van der Waals surface area contributed by atoms with E-state index in [-0.39, 0.29) is 11.8 Å². The van der Waals surface area contributed by atoms with E-state index in [1.54, 1.807) is 29.2 Å². The summed E-state index contributed by atoms with van der Waals surface area (Å²) in [4.78, 5) is 25.6. The minimum Gasteiger partial charge on any atom is -0.494 e. The zero-order valence-corrected chi connectivity index (χ0v) is 14.9. The van der Waals surface area contributed by atoms with Crippen LogP contribution in [0.5, 0.6) is 5.75 Å². The van der Waals surface area contributed by atoms with Crippen molar-refractivity contribution in [3.63, 3.8) is 0 Å². The molecular formula is C21H21N3O3. The molecule has 1 atom stereocenters. The molecule has 2 N–H and O–H groups in total. The second-order valence-corrected chi connectivity index (χ2v) is 6.50. The summed E-state index contributed by atoms with van der Waals surface area (Å²) in [6.07, 6.45) is 1.56. The summed E-state index contributed by atoms with van der Waals surface area (Å²) < 4.78 is 5.69. The lowest BCUT2D eigenvalue weighted by Crippen LogP contribution is -2.24. The number of benzene rings is 2. The standard InChI is InChI=1S/C21H21N3O3/c22-9-1-2-10-27-19-8-4-5-15(12-19)17-13-20(25)24(14-17)18-7-3-6-16(11-18)21(23)26/h3-8,11-12,17H,1-2,10,13-14H2,(H2,23,26). The Bertz CT molecular complexity index is 888. The van der Waals surface area contributed by atoms with Gasteiger partial charge in [-0.15, -0.1) is 0 Å². The lowest BCUT2D eigenvalue weighted by atomic mass is 9.98. The number of primary amides is 1. The molecule has 2 aromatic rings. The predicted molar refractivity (Wildman–Crippen MR) is 101 cm³/mol. The van der Waals surface area contributed by atoms with Crippen molar-refractivity contribution in [2.75, 3.05) is 18.1 Å². The number of anilines is 1. The Kier molecular flexibility index (Phi) is 5.72. The molecule has 0 bridgehead atoms. The van der Waals surface area contributed by atoms with Gasteiger partial charge in [-0.3, -0.25) is 9.59 Å². The highest BCUT2D eigenvalue weighted by molar-refractivity contribution is 5.99. The van der Waals surface area contributed by atoms with E-state index in [0.29, 0.717) is 43.7 Å². The van der Waals surface area contributed by atoms with Crippen molar-refractivity contribution in [3.05, 3.63) is 59.7 Å². The normalized spacial score (nSPS) is 16.2. The van der Waals surface area contributed by atoms with Gasteiger partial charge in [0.25, 0.3) is 0 Å². The van der Waals surface area contributed by atoms with Crippen LogP contribution in [-0.2, 0) is 4.79 Å². The van der Waals surface area contributed by atoms with Crippen LogP contribution in [0.4, 0.5) is 5.69 Å². The summed E-state index contributed by atoms with van der Waals surface area (Å²) in [5.74, 6) is 0.299. The van der Waals surface area contributed by atoms with E-state index in [9.17, 15) is 9.59 Å². The van der Waals surface area contributed by atoms with E-state index in [2.05, 4.69) is 6.07 Å². The Morgan fingerprint density at radius 1 is 1.26 bits per heavy atom. The molecule has 6 nitrogen and oxygen atoms in total. The van der Waals surface area contributed by atoms with Gasteiger partial charge in [0.05, 0.1) is 12.7 Å². The van der Waals surface area contributed by atoms with Crippen molar-refractivity contribution in [1.29, 1.82) is 5.26 Å². The Labute approximate surface area is 158 Å². The molecule has 0 saturated carbocycles. The molecule has 138 valence electrons. The van der Waals surface area contributed by atoms with Crippen LogP contribution in [0.15, 0.2) is 48.5 Å². The number of amides is 2. The van der Waals surface area contributed by atoms with Gasteiger partial charge in [0.2, 0.25) is 11.8 Å². The quantitative estimate of drug-likeness (QED) is 0.765. The van der Waals surface area contributed by atoms with Gasteiger partial charge in [-0.1, -0.05) is 18.2 Å². The highest BCUT2D eigenvalue weighted by Crippen LogP contribution is 2.33. The van der Waals surface area contributed by atoms with E-state index < -0.39 is 5.91 Å². The number of rotatable bonds is 7. The molecule has 1 heterocycles. The van der Waals surface area contributed by atoms with Gasteiger partial charge >= 0.3 is 0 Å². The van der Waals surface area contributed by atoms with E-state index in [1.807, 2.05) is 24.3 Å². The lowest BCUT2D eigenvalue weighted by Gasteiger charge is -2.18. The van der Waals surface area contributed by atoms with E-state index >= 15 is 0 Å². The fourth-order valence-corrected chi connectivity index (χ4v) is 3.21. The van der Waals surface area contributed by atoms with Crippen LogP contribution < -0.4 is 15.4 Å². The van der Waals surface area contributed by atoms with Gasteiger partial charge in [-0.25, -0.2) is 0 Å². The van der Waals surface area contributed by atoms with Crippen molar-refractivity contribution in [1.82, 2.24) is 0 Å². The molecular weight excluding hydrogens is 342 g/mol. The molecule has 3 rings (SSSR count). The first kappa shape index (κ1) is 18.5. The van der Waals surface area contributed by atoms with Gasteiger partial charge < -0.3 is 15.4 Å². The third kappa shape index (κ3) is 4.45. The van der Waals surface area contributed by atoms with Crippen LogP contribution in [0, 0.1) is 11.3 Å². The highest BCUT2D eigenvalue weighted by atomic mass is 16.5. The topological polar surface area (TPSA) is 96.4 Å². The minimum atomic E-state index is -0.513. The van der Waals surface area contributed by atoms with Crippen molar-refractivity contribution in [2.24, 2.45) is 5.73 Å². The molecule has 1 unspecified atom stereocenters. The summed E-state index contributed by atoms with van der Waals surface area (Å²) in [7, 11) is 0. The van der Waals surface area contributed by atoms with Crippen LogP contribution in [-0.4, -0.2) is 25.0 Å². The smallest absolute Gasteiger partial charge is 0.248 e. The minimum absolute atomic E-state index is 0.0157. The lowest BCUT2D eigenvalue weighted by molar-refractivity contribution is -0.117. The maximum Gasteiger partial charge on any atom is 0.248 e. The van der Waals surface area contributed by atoms with E-state index in [0.717, 1.165) is 11.3 Å². The van der Waals surface area contributed by atoms with Crippen LogP contribution in [0.3, 0.4) is 0 Å². The molecule has 1 aliphatic heterocycles. The Morgan fingerprint density at radius 3 is 2.85 bits per heavy atom. The molecule has 2 amide bonds. The maximum atomic E-state index is 12.5. The first-order chi connectivity index (χ1) is 13.1. The average Bonchev–Trinajstić information content (AvgIpc) is 3.07. The summed E-state index contributed by atoms with van der Waals surface area (Å²) in [5.41, 5.74) is 7.44. The highest BCUT2D eigenvalue weighted by Gasteiger charge is 2.32. The number of hydrogen-bond acceptors (Lipinski definition) is 4. The van der Waals surface area contributed by atoms with Crippen molar-refractivity contribution < 1.29 is 14.3 Å². The fourth-order valence-electron chi connectivity index (χ4n) is 3.21. The number of carbonyl (C=O) groups is 2. The molecule has 0 aliphatic carbocycles. The maximum absolute atomic E-state index is 12.5. The number of unbranched alkanes of at least 4 members (excludes halogenated alkanes) is 1. The van der Waals surface area contributed by atoms with E-state index in [4.69, 9.17) is 15.7 Å². The first-order valence-electron chi connectivity index (χ1n) is 8.88. The molecule has 1 aliphatic rings. The largest absolute Gasteiger partial charge is 0.494 e. The van der Waals surface area contributed by atoms with Crippen molar-refractivity contribution >= 4 is 17.5 Å². The average molecular weight is 363 g/mol. The van der Waals surface area contributed by atoms with Gasteiger partial charge in [0.1, 0.15) is 5.75 Å². The van der Waals surface area contributed by atoms with Gasteiger partial charge in [0.15, 0.2) is 0 Å². The molecule has 0 radical (unpaired) electrons. The number of nitrogens with zero attached hydrogens (tertiary/aromatic N) is 2. The number of nitriles is 1. The molecule has 2 aromatic carbocycles. The summed E-state index contributed by atoms with van der Waals surface area (Å²) in [5, 5.41) is 8.57. The molecule has 1 saturated heterocycles. The van der Waals surface area contributed by atoms with Crippen LogP contribution in [0.25, 0.3) is 0 Å². The Balaban J connectivity index is 1.71. The van der Waals surface area contributed by atoms with E-state index in [1.165, 1.54) is 0 Å². The third-order valence-corrected chi connectivity index (χ3v) is 4.60. The molecule has 0 spiro atoms.